The number of esters is 1. The van der Waals surface area contributed by atoms with Gasteiger partial charge < -0.3 is 4.74 Å². The summed E-state index contributed by atoms with van der Waals surface area (Å²) in [4.78, 5) is 48.2. The molecule has 0 aliphatic carbocycles. The number of nitrogens with one attached hydrogen (secondary N) is 1. The number of imide groups is 1. The number of nitro benzene ring substituents is 1. The summed E-state index contributed by atoms with van der Waals surface area (Å²) < 4.78 is 4.82. The average molecular weight is 332 g/mol. The number of hydrogen-bond acceptors (Lipinski definition) is 8. The van der Waals surface area contributed by atoms with Crippen LogP contribution in [0.4, 0.5) is 11.4 Å². The Morgan fingerprint density at radius 1 is 1.38 bits per heavy atom. The predicted octanol–water partition coefficient (Wildman–Crippen LogP) is -0.0249. The van der Waals surface area contributed by atoms with Crippen LogP contribution >= 0.6 is 0 Å². The highest BCUT2D eigenvalue weighted by Gasteiger charge is 2.56. The van der Waals surface area contributed by atoms with Gasteiger partial charge in [0, 0.05) is 6.07 Å². The van der Waals surface area contributed by atoms with E-state index in [-0.39, 0.29) is 23.7 Å². The normalized spacial score (nSPS) is 22.0. The Kier molecular flexibility index (Phi) is 3.72. The maximum Gasteiger partial charge on any atom is 0.355 e. The van der Waals surface area contributed by atoms with Gasteiger partial charge in [0.2, 0.25) is 5.91 Å². The van der Waals surface area contributed by atoms with Crippen molar-refractivity contribution in [2.24, 2.45) is 11.0 Å². The summed E-state index contributed by atoms with van der Waals surface area (Å²) in [7, 11) is 0. The van der Waals surface area contributed by atoms with Crippen LogP contribution in [0.5, 0.6) is 0 Å². The second-order valence-corrected chi connectivity index (χ2v) is 5.06. The maximum absolute atomic E-state index is 12.6. The van der Waals surface area contributed by atoms with Crippen molar-refractivity contribution >= 4 is 34.9 Å². The fraction of sp³-hybridized carbons (Fsp3) is 0.286. The molecular formula is C14H12N4O6. The number of fused-ring (bicyclic) bond motifs is 1. The number of carbonyl (C=O) groups excluding carboxylic acids is 3. The molecule has 24 heavy (non-hydrogen) atoms. The van der Waals surface area contributed by atoms with E-state index in [2.05, 4.69) is 10.5 Å². The van der Waals surface area contributed by atoms with Gasteiger partial charge >= 0.3 is 5.97 Å². The highest BCUT2D eigenvalue weighted by atomic mass is 16.6. The SMILES string of the molecule is CCOC(=O)C1=NN[C@@H]2C(=O)N(c3ccccc3[N+](=O)[O-])C(=O)[C@@H]12. The molecule has 0 saturated carbocycles. The van der Waals surface area contributed by atoms with Crippen molar-refractivity contribution in [3.05, 3.63) is 34.4 Å². The van der Waals surface area contributed by atoms with Crippen LogP contribution in [0.2, 0.25) is 0 Å². The highest BCUT2D eigenvalue weighted by Crippen LogP contribution is 2.35. The van der Waals surface area contributed by atoms with Crippen molar-refractivity contribution in [3.63, 3.8) is 0 Å². The number of benzene rings is 1. The van der Waals surface area contributed by atoms with Gasteiger partial charge in [-0.25, -0.2) is 9.69 Å². The third-order valence-electron chi connectivity index (χ3n) is 3.73. The second-order valence-electron chi connectivity index (χ2n) is 5.06. The Hall–Kier alpha value is -3.30. The number of nitro groups is 1. The number of para-hydroxylation sites is 2. The molecule has 2 atom stereocenters. The van der Waals surface area contributed by atoms with Crippen LogP contribution in [0.25, 0.3) is 0 Å². The van der Waals surface area contributed by atoms with Crippen LogP contribution < -0.4 is 10.3 Å². The van der Waals surface area contributed by atoms with Crippen LogP contribution in [0.1, 0.15) is 6.92 Å². The summed E-state index contributed by atoms with van der Waals surface area (Å²) in [6, 6.07) is 4.33. The van der Waals surface area contributed by atoms with Gasteiger partial charge in [-0.2, -0.15) is 5.10 Å². The zero-order chi connectivity index (χ0) is 17.4. The standard InChI is InChI=1S/C14H12N4O6/c1-2-24-14(21)11-9-10(15-16-11)13(20)17(12(9)19)7-5-3-4-6-8(7)18(22)23/h3-6,9-10,15H,2H2,1H3/t9-,10+/m1/s1. The molecule has 0 spiro atoms. The minimum atomic E-state index is -1.16. The number of ether oxygens (including phenoxy) is 1. The van der Waals surface area contributed by atoms with Crippen molar-refractivity contribution in [1.29, 1.82) is 0 Å². The molecule has 10 heteroatoms. The van der Waals surface area contributed by atoms with E-state index in [4.69, 9.17) is 4.74 Å². The third kappa shape index (κ3) is 2.19. The van der Waals surface area contributed by atoms with Crippen molar-refractivity contribution in [1.82, 2.24) is 5.43 Å². The first-order valence-electron chi connectivity index (χ1n) is 7.08. The number of carbonyl (C=O) groups is 3. The summed E-state index contributed by atoms with van der Waals surface area (Å²) >= 11 is 0. The molecule has 124 valence electrons. The molecule has 2 aliphatic heterocycles. The molecule has 3 rings (SSSR count). The monoisotopic (exact) mass is 332 g/mol. The molecule has 2 heterocycles. The van der Waals surface area contributed by atoms with Gasteiger partial charge in [0.15, 0.2) is 5.71 Å². The van der Waals surface area contributed by atoms with Crippen LogP contribution in [0, 0.1) is 16.0 Å². The number of hydrogen-bond donors (Lipinski definition) is 1. The Labute approximate surface area is 135 Å². The largest absolute Gasteiger partial charge is 0.461 e. The molecule has 2 aliphatic rings. The molecule has 1 N–H and O–H groups in total. The summed E-state index contributed by atoms with van der Waals surface area (Å²) in [5.74, 6) is -3.42. The molecule has 0 aromatic heterocycles. The topological polar surface area (TPSA) is 131 Å². The average Bonchev–Trinajstić information content (AvgIpc) is 3.09. The van der Waals surface area contributed by atoms with E-state index >= 15 is 0 Å². The summed E-state index contributed by atoms with van der Waals surface area (Å²) in [5.41, 5.74) is 1.71. The minimum absolute atomic E-state index is 0.0885. The van der Waals surface area contributed by atoms with Crippen LogP contribution in [0.3, 0.4) is 0 Å². The van der Waals surface area contributed by atoms with Gasteiger partial charge in [0.1, 0.15) is 17.6 Å². The van der Waals surface area contributed by atoms with Crippen molar-refractivity contribution in [3.8, 4) is 0 Å². The number of hydrazone groups is 1. The van der Waals surface area contributed by atoms with Crippen LogP contribution in [0.15, 0.2) is 29.4 Å². The molecule has 1 saturated heterocycles. The van der Waals surface area contributed by atoms with Crippen molar-refractivity contribution < 1.29 is 24.0 Å². The van der Waals surface area contributed by atoms with E-state index in [9.17, 15) is 24.5 Å². The number of amides is 2. The molecule has 10 nitrogen and oxygen atoms in total. The third-order valence-corrected chi connectivity index (χ3v) is 3.73. The van der Waals surface area contributed by atoms with Crippen LogP contribution in [-0.4, -0.2) is 41.1 Å². The number of anilines is 1. The predicted molar refractivity (Wildman–Crippen MR) is 80.1 cm³/mol. The van der Waals surface area contributed by atoms with Gasteiger partial charge in [-0.15, -0.1) is 0 Å². The molecule has 1 aromatic rings. The smallest absolute Gasteiger partial charge is 0.355 e. The van der Waals surface area contributed by atoms with Gasteiger partial charge in [0.05, 0.1) is 11.5 Å². The Bertz CT molecular complexity index is 789. The van der Waals surface area contributed by atoms with E-state index in [0.717, 1.165) is 0 Å². The lowest BCUT2D eigenvalue weighted by molar-refractivity contribution is -0.384. The van der Waals surface area contributed by atoms with Crippen molar-refractivity contribution in [2.45, 2.75) is 13.0 Å². The van der Waals surface area contributed by atoms with Crippen molar-refractivity contribution in [2.75, 3.05) is 11.5 Å². The van der Waals surface area contributed by atoms with Gasteiger partial charge in [-0.3, -0.25) is 25.1 Å². The van der Waals surface area contributed by atoms with E-state index < -0.39 is 34.7 Å². The molecule has 1 aromatic carbocycles. The Balaban J connectivity index is 1.99. The lowest BCUT2D eigenvalue weighted by Gasteiger charge is -2.15. The maximum atomic E-state index is 12.6. The Morgan fingerprint density at radius 2 is 2.08 bits per heavy atom. The van der Waals surface area contributed by atoms with Gasteiger partial charge in [-0.1, -0.05) is 12.1 Å². The molecule has 0 unspecified atom stereocenters. The number of rotatable bonds is 4. The second kappa shape index (κ2) is 5.72. The first-order chi connectivity index (χ1) is 11.5. The lowest BCUT2D eigenvalue weighted by Crippen LogP contribution is -2.36. The van der Waals surface area contributed by atoms with E-state index in [1.807, 2.05) is 0 Å². The fourth-order valence-electron chi connectivity index (χ4n) is 2.71. The Morgan fingerprint density at radius 3 is 2.75 bits per heavy atom. The van der Waals surface area contributed by atoms with E-state index in [0.29, 0.717) is 4.90 Å². The molecule has 0 radical (unpaired) electrons. The quantitative estimate of drug-likeness (QED) is 0.354. The summed E-state index contributed by atoms with van der Waals surface area (Å²) in [5, 5.41) is 14.9. The fourth-order valence-corrected chi connectivity index (χ4v) is 2.71. The van der Waals surface area contributed by atoms with E-state index in [1.54, 1.807) is 6.92 Å². The highest BCUT2D eigenvalue weighted by molar-refractivity contribution is 6.46. The zero-order valence-corrected chi connectivity index (χ0v) is 12.5. The van der Waals surface area contributed by atoms with Gasteiger partial charge in [-0.05, 0) is 13.0 Å². The van der Waals surface area contributed by atoms with Crippen LogP contribution in [-0.2, 0) is 19.1 Å². The van der Waals surface area contributed by atoms with E-state index in [1.165, 1.54) is 24.3 Å². The molecule has 0 bridgehead atoms. The molecule has 1 fully saturated rings. The number of nitrogens with zero attached hydrogens (tertiary/aromatic N) is 3. The molecule has 2 amide bonds. The minimum Gasteiger partial charge on any atom is -0.461 e. The summed E-state index contributed by atoms with van der Waals surface area (Å²) in [6.45, 7) is 1.69. The molecular weight excluding hydrogens is 320 g/mol. The first kappa shape index (κ1) is 15.6. The first-order valence-corrected chi connectivity index (χ1v) is 7.08. The van der Waals surface area contributed by atoms with Gasteiger partial charge in [0.25, 0.3) is 11.6 Å². The zero-order valence-electron chi connectivity index (χ0n) is 12.5. The lowest BCUT2D eigenvalue weighted by atomic mass is 9.99. The summed E-state index contributed by atoms with van der Waals surface area (Å²) in [6.07, 6.45) is 0.